The molecule has 13 nitrogen and oxygen atoms in total. The van der Waals surface area contributed by atoms with Crippen molar-refractivity contribution in [2.24, 2.45) is 17.8 Å². The fraction of sp³-hybridized carbons (Fsp3) is 0.553. The number of aromatic nitrogens is 2. The molecular weight excluding hydrogens is 723 g/mol. The van der Waals surface area contributed by atoms with E-state index in [9.17, 15) is 28.0 Å². The molecule has 290 valence electrons. The molecule has 0 bridgehead atoms. The van der Waals surface area contributed by atoms with E-state index in [4.69, 9.17) is 9.47 Å². The molecule has 7 rings (SSSR count). The van der Waals surface area contributed by atoms with Crippen LogP contribution in [0.3, 0.4) is 0 Å². The van der Waals surface area contributed by atoms with Gasteiger partial charge in [-0.1, -0.05) is 0 Å². The van der Waals surface area contributed by atoms with Gasteiger partial charge in [0.05, 0.1) is 23.6 Å². The molecule has 1 unspecified atom stereocenters. The molecule has 4 aliphatic rings. The van der Waals surface area contributed by atoms with Gasteiger partial charge in [-0.2, -0.15) is 11.8 Å². The fourth-order valence-corrected chi connectivity index (χ4v) is 8.85. The minimum Gasteiger partial charge on any atom is -0.493 e. The predicted molar refractivity (Wildman–Crippen MR) is 199 cm³/mol. The van der Waals surface area contributed by atoms with Crippen molar-refractivity contribution >= 4 is 52.3 Å². The van der Waals surface area contributed by atoms with Crippen LogP contribution in [0.15, 0.2) is 35.1 Å². The van der Waals surface area contributed by atoms with Crippen molar-refractivity contribution in [1.29, 1.82) is 0 Å². The number of nitrogens with one attached hydrogen (secondary N) is 3. The van der Waals surface area contributed by atoms with Gasteiger partial charge >= 0.3 is 6.47 Å². The Hall–Kier alpha value is -4.28. The van der Waals surface area contributed by atoms with Gasteiger partial charge in [-0.15, -0.1) is 5.06 Å². The summed E-state index contributed by atoms with van der Waals surface area (Å²) in [6.07, 6.45) is 6.28. The number of thioether (sulfide) groups is 1. The zero-order chi connectivity index (χ0) is 37.6. The number of halogens is 2. The van der Waals surface area contributed by atoms with E-state index in [2.05, 4.69) is 30.3 Å². The average Bonchev–Trinajstić information content (AvgIpc) is 3.15. The molecule has 2 amide bonds. The van der Waals surface area contributed by atoms with E-state index >= 15 is 0 Å². The summed E-state index contributed by atoms with van der Waals surface area (Å²) >= 11 is 1.74. The number of carbonyl (C=O) groups excluding carboxylic acids is 3. The molecular formula is C38H46F2N6O7S. The summed E-state index contributed by atoms with van der Waals surface area (Å²) in [5, 5.41) is 7.00. The molecule has 54 heavy (non-hydrogen) atoms. The second-order valence-corrected chi connectivity index (χ2v) is 16.0. The minimum atomic E-state index is -0.814. The molecule has 2 aromatic carbocycles. The Bertz CT molecular complexity index is 1880. The van der Waals surface area contributed by atoms with Gasteiger partial charge in [0.1, 0.15) is 34.6 Å². The van der Waals surface area contributed by atoms with Gasteiger partial charge in [0, 0.05) is 55.8 Å². The van der Waals surface area contributed by atoms with E-state index in [0.717, 1.165) is 71.4 Å². The molecule has 3 N–H and O–H groups in total. The number of fused-ring (bicyclic) bond motifs is 1. The van der Waals surface area contributed by atoms with Crippen molar-refractivity contribution in [3.05, 3.63) is 58.1 Å². The topological polar surface area (TPSA) is 155 Å². The van der Waals surface area contributed by atoms with Crippen molar-refractivity contribution < 1.29 is 37.5 Å². The monoisotopic (exact) mass is 768 g/mol. The number of nitrogens with zero attached hydrogens (tertiary/aromatic N) is 3. The molecule has 0 radical (unpaired) electrons. The van der Waals surface area contributed by atoms with Crippen molar-refractivity contribution in [2.75, 3.05) is 56.6 Å². The number of likely N-dealkylation sites (tertiary alicyclic amines) is 1. The Morgan fingerprint density at radius 1 is 0.981 bits per heavy atom. The van der Waals surface area contributed by atoms with E-state index in [1.807, 2.05) is 0 Å². The first-order chi connectivity index (χ1) is 26.2. The molecule has 1 atom stereocenters. The van der Waals surface area contributed by atoms with Crippen LogP contribution in [0.25, 0.3) is 10.9 Å². The maximum atomic E-state index is 15.0. The molecule has 1 saturated carbocycles. The first-order valence-corrected chi connectivity index (χ1v) is 19.8. The number of amides is 2. The van der Waals surface area contributed by atoms with Gasteiger partial charge < -0.3 is 34.8 Å². The maximum absolute atomic E-state index is 15.0. The minimum absolute atomic E-state index is 0.0209. The summed E-state index contributed by atoms with van der Waals surface area (Å²) in [6.45, 7) is 5.64. The van der Waals surface area contributed by atoms with Crippen molar-refractivity contribution in [3.8, 4) is 5.75 Å². The molecule has 1 aliphatic carbocycles. The van der Waals surface area contributed by atoms with Crippen LogP contribution in [0.1, 0.15) is 57.2 Å². The zero-order valence-electron chi connectivity index (χ0n) is 30.0. The summed E-state index contributed by atoms with van der Waals surface area (Å²) in [6, 6.07) is 6.73. The van der Waals surface area contributed by atoms with Gasteiger partial charge in [-0.05, 0) is 94.0 Å². The molecule has 3 aromatic rings. The quantitative estimate of drug-likeness (QED) is 0.143. The van der Waals surface area contributed by atoms with E-state index in [0.29, 0.717) is 75.4 Å². The van der Waals surface area contributed by atoms with Gasteiger partial charge in [0.25, 0.3) is 17.4 Å². The van der Waals surface area contributed by atoms with E-state index < -0.39 is 35.0 Å². The summed E-state index contributed by atoms with van der Waals surface area (Å²) in [5.41, 5.74) is 0.606. The number of H-pyrrole nitrogens is 1. The number of benzene rings is 2. The lowest BCUT2D eigenvalue weighted by atomic mass is 9.74. The molecule has 16 heteroatoms. The lowest BCUT2D eigenvalue weighted by Crippen LogP contribution is -2.50. The van der Waals surface area contributed by atoms with Crippen LogP contribution in [0.4, 0.5) is 20.2 Å². The lowest BCUT2D eigenvalue weighted by molar-refractivity contribution is -0.197. The number of hydrogen-bond acceptors (Lipinski definition) is 12. The highest BCUT2D eigenvalue weighted by atomic mass is 32.2. The summed E-state index contributed by atoms with van der Waals surface area (Å²) in [5.74, 6) is 0.501. The van der Waals surface area contributed by atoms with Crippen molar-refractivity contribution in [1.82, 2.24) is 19.9 Å². The van der Waals surface area contributed by atoms with Crippen LogP contribution in [-0.4, -0.2) is 95.5 Å². The molecule has 4 fully saturated rings. The van der Waals surface area contributed by atoms with Crippen molar-refractivity contribution in [2.45, 2.75) is 68.4 Å². The first-order valence-electron chi connectivity index (χ1n) is 18.8. The Morgan fingerprint density at radius 2 is 1.78 bits per heavy atom. The fourth-order valence-electron chi connectivity index (χ4n) is 7.79. The Kier molecular flexibility index (Phi) is 12.3. The van der Waals surface area contributed by atoms with Crippen LogP contribution in [-0.2, 0) is 29.7 Å². The number of carbonyl (C=O) groups is 3. The third kappa shape index (κ3) is 9.32. The Morgan fingerprint density at radius 3 is 2.54 bits per heavy atom. The summed E-state index contributed by atoms with van der Waals surface area (Å²) < 4.78 is 41.4. The van der Waals surface area contributed by atoms with Crippen LogP contribution >= 0.6 is 11.8 Å². The van der Waals surface area contributed by atoms with E-state index in [-0.39, 0.29) is 24.7 Å². The molecule has 3 aliphatic heterocycles. The van der Waals surface area contributed by atoms with E-state index in [1.165, 1.54) is 12.1 Å². The van der Waals surface area contributed by atoms with Crippen LogP contribution in [0.5, 0.6) is 5.75 Å². The SMILES string of the molecule is O=CON1C(=O)CCC(Nc2ccc(NCC3CC(CN4CCC(COc5cc(F)c6c(=O)[nH]c(CSC7CCOCC7)nc6c5)CC4)C3)c(F)c2)C1=O. The van der Waals surface area contributed by atoms with Crippen molar-refractivity contribution in [3.63, 3.8) is 0 Å². The zero-order valence-corrected chi connectivity index (χ0v) is 30.8. The lowest BCUT2D eigenvalue weighted by Gasteiger charge is -2.41. The molecule has 0 spiro atoms. The average molecular weight is 769 g/mol. The number of hydrogen-bond donors (Lipinski definition) is 3. The highest BCUT2D eigenvalue weighted by Crippen LogP contribution is 2.36. The Labute approximate surface area is 315 Å². The summed E-state index contributed by atoms with van der Waals surface area (Å²) in [7, 11) is 0. The normalized spacial score (nSPS) is 22.9. The highest BCUT2D eigenvalue weighted by Gasteiger charge is 2.36. The highest BCUT2D eigenvalue weighted by molar-refractivity contribution is 7.99. The van der Waals surface area contributed by atoms with Gasteiger partial charge in [-0.25, -0.2) is 13.8 Å². The molecule has 4 heterocycles. The van der Waals surface area contributed by atoms with Gasteiger partial charge in [0.15, 0.2) is 0 Å². The number of anilines is 2. The number of piperidine rings is 2. The largest absolute Gasteiger partial charge is 0.493 e. The second kappa shape index (κ2) is 17.5. The number of hydroxylamine groups is 2. The molecule has 1 aromatic heterocycles. The third-order valence-corrected chi connectivity index (χ3v) is 12.2. The Balaban J connectivity index is 0.804. The van der Waals surface area contributed by atoms with Crippen LogP contribution in [0.2, 0.25) is 0 Å². The smallest absolute Gasteiger partial charge is 0.321 e. The number of imide groups is 1. The summed E-state index contributed by atoms with van der Waals surface area (Å²) in [4.78, 5) is 61.9. The van der Waals surface area contributed by atoms with E-state index in [1.54, 1.807) is 30.0 Å². The van der Waals surface area contributed by atoms with Crippen LogP contribution < -0.4 is 20.9 Å². The number of rotatable bonds is 15. The molecule has 3 saturated heterocycles. The maximum Gasteiger partial charge on any atom is 0.321 e. The number of aromatic amines is 1. The standard InChI is InChI=1S/C38H46F2N6O7S/c39-29-15-26(42-32-3-4-35(48)46(38(32)50)53-22-47)1-2-31(29)41-18-24-13-25(14-24)19-45-9-5-23(6-10-45)20-52-27-16-30(40)36-33(17-27)43-34(44-37(36)49)21-54-28-7-11-51-12-8-28/h1-2,15-17,22-25,28,32,41-42H,3-14,18-21H2,(H,43,44,49). The third-order valence-electron chi connectivity index (χ3n) is 10.9. The first kappa shape index (κ1) is 38.0. The number of ether oxygens (including phenoxy) is 2. The predicted octanol–water partition coefficient (Wildman–Crippen LogP) is 4.86. The van der Waals surface area contributed by atoms with Gasteiger partial charge in [0.2, 0.25) is 0 Å². The second-order valence-electron chi connectivity index (χ2n) is 14.7. The van der Waals surface area contributed by atoms with Crippen LogP contribution in [0, 0.1) is 29.4 Å². The van der Waals surface area contributed by atoms with Gasteiger partial charge in [-0.3, -0.25) is 19.2 Å².